The van der Waals surface area contributed by atoms with E-state index in [-0.39, 0.29) is 35.7 Å². The number of hydrogen-bond donors (Lipinski definition) is 2. The van der Waals surface area contributed by atoms with E-state index in [0.29, 0.717) is 0 Å². The summed E-state index contributed by atoms with van der Waals surface area (Å²) in [5.41, 5.74) is 4.93. The molecule has 3 N–H and O–H groups in total. The first-order chi connectivity index (χ1) is 10.3. The number of carbonyl (C=O) groups excluding carboxylic acids is 1. The summed E-state index contributed by atoms with van der Waals surface area (Å²) in [6, 6.07) is -0.147. The Labute approximate surface area is 138 Å². The predicted octanol–water partition coefficient (Wildman–Crippen LogP) is 3.24. The van der Waals surface area contributed by atoms with Gasteiger partial charge in [-0.2, -0.15) is 0 Å². The number of nitrogens with one attached hydrogen (secondary N) is 1. The van der Waals surface area contributed by atoms with Gasteiger partial charge in [-0.05, 0) is 45.6 Å². The molecular formula is C17H30F2N2O2. The fourth-order valence-corrected chi connectivity index (χ4v) is 2.15. The first-order valence-electron chi connectivity index (χ1n) is 7.74. The zero-order valence-electron chi connectivity index (χ0n) is 15.0. The van der Waals surface area contributed by atoms with Gasteiger partial charge in [0, 0.05) is 17.3 Å². The fraction of sp³-hybridized carbons (Fsp3) is 0.706. The second-order valence-electron chi connectivity index (χ2n) is 6.92. The highest BCUT2D eigenvalue weighted by Crippen LogP contribution is 2.28. The largest absolute Gasteiger partial charge is 0.459 e. The molecule has 4 nitrogen and oxygen atoms in total. The van der Waals surface area contributed by atoms with E-state index in [1.54, 1.807) is 27.7 Å². The van der Waals surface area contributed by atoms with Crippen molar-refractivity contribution in [1.29, 1.82) is 0 Å². The number of allylic oxidation sites excluding steroid dienone is 2. The number of nitrogens with two attached hydrogens (primary N) is 1. The molecule has 23 heavy (non-hydrogen) atoms. The number of hydrogen-bond acceptors (Lipinski definition) is 4. The van der Waals surface area contributed by atoms with Crippen LogP contribution in [0.5, 0.6) is 0 Å². The van der Waals surface area contributed by atoms with Crippen molar-refractivity contribution in [3.8, 4) is 0 Å². The van der Waals surface area contributed by atoms with Crippen LogP contribution in [0.25, 0.3) is 0 Å². The van der Waals surface area contributed by atoms with Gasteiger partial charge in [-0.1, -0.05) is 20.4 Å². The smallest absolute Gasteiger partial charge is 0.320 e. The maximum Gasteiger partial charge on any atom is 0.320 e. The molecule has 0 saturated carbocycles. The molecule has 0 aliphatic heterocycles. The summed E-state index contributed by atoms with van der Waals surface area (Å²) in [5.74, 6) is -0.905. The zero-order chi connectivity index (χ0) is 18.4. The van der Waals surface area contributed by atoms with Gasteiger partial charge in [0.2, 0.25) is 0 Å². The summed E-state index contributed by atoms with van der Waals surface area (Å²) >= 11 is 0. The van der Waals surface area contributed by atoms with Gasteiger partial charge in [0.05, 0.1) is 6.54 Å². The zero-order valence-corrected chi connectivity index (χ0v) is 15.0. The van der Waals surface area contributed by atoms with Crippen molar-refractivity contribution < 1.29 is 18.3 Å². The maximum absolute atomic E-state index is 13.2. The van der Waals surface area contributed by atoms with Crippen LogP contribution in [0.15, 0.2) is 23.9 Å². The normalized spacial score (nSPS) is 16.8. The molecule has 6 heteroatoms. The topological polar surface area (TPSA) is 64.3 Å². The van der Waals surface area contributed by atoms with Crippen LogP contribution in [-0.4, -0.2) is 30.6 Å². The molecule has 0 saturated heterocycles. The molecule has 0 amide bonds. The third-order valence-electron chi connectivity index (χ3n) is 3.70. The number of esters is 1. The monoisotopic (exact) mass is 332 g/mol. The van der Waals surface area contributed by atoms with E-state index in [1.807, 2.05) is 13.8 Å². The van der Waals surface area contributed by atoms with Crippen LogP contribution in [-0.2, 0) is 9.53 Å². The molecule has 0 bridgehead atoms. The molecule has 134 valence electrons. The van der Waals surface area contributed by atoms with Crippen LogP contribution in [0.1, 0.15) is 41.5 Å². The van der Waals surface area contributed by atoms with Crippen LogP contribution in [0.3, 0.4) is 0 Å². The lowest BCUT2D eigenvalue weighted by Gasteiger charge is -2.29. The Morgan fingerprint density at radius 2 is 1.83 bits per heavy atom. The minimum Gasteiger partial charge on any atom is -0.459 e. The molecule has 0 aromatic carbocycles. The lowest BCUT2D eigenvalue weighted by molar-refractivity contribution is -0.153. The summed E-state index contributed by atoms with van der Waals surface area (Å²) in [4.78, 5) is 11.7. The Hall–Kier alpha value is -1.43. The highest BCUT2D eigenvalue weighted by molar-refractivity contribution is 5.72. The Morgan fingerprint density at radius 1 is 1.30 bits per heavy atom. The first-order valence-corrected chi connectivity index (χ1v) is 7.74. The van der Waals surface area contributed by atoms with E-state index in [2.05, 4.69) is 11.9 Å². The third kappa shape index (κ3) is 8.69. The highest BCUT2D eigenvalue weighted by Gasteiger charge is 2.27. The lowest BCUT2D eigenvalue weighted by atomic mass is 9.84. The van der Waals surface area contributed by atoms with Crippen LogP contribution in [0.4, 0.5) is 8.78 Å². The molecule has 0 aliphatic carbocycles. The summed E-state index contributed by atoms with van der Waals surface area (Å²) in [7, 11) is 0. The number of halogens is 2. The minimum atomic E-state index is -2.59. The maximum atomic E-state index is 13.2. The molecule has 1 unspecified atom stereocenters. The van der Waals surface area contributed by atoms with Crippen LogP contribution >= 0.6 is 0 Å². The molecule has 0 fully saturated rings. The van der Waals surface area contributed by atoms with Crippen LogP contribution in [0.2, 0.25) is 0 Å². The van der Waals surface area contributed by atoms with Crippen molar-refractivity contribution in [3.63, 3.8) is 0 Å². The van der Waals surface area contributed by atoms with E-state index < -0.39 is 17.9 Å². The standard InChI is InChI=1S/C17H30F2N2O2/c1-10(20)8-14(16(18)19)12(3)11(2)13(4)21-9-15(22)23-17(5,6)7/h8,11-13,16,21H,1,9,20H2,2-7H3/b14-8+/t11-,12?,13-/m1/s1. The van der Waals surface area contributed by atoms with Gasteiger partial charge in [0.1, 0.15) is 5.60 Å². The molecule has 0 aromatic heterocycles. The summed E-state index contributed by atoms with van der Waals surface area (Å²) < 4.78 is 31.6. The molecule has 0 aromatic rings. The van der Waals surface area contributed by atoms with E-state index in [4.69, 9.17) is 10.5 Å². The molecular weight excluding hydrogens is 302 g/mol. The van der Waals surface area contributed by atoms with Crippen molar-refractivity contribution in [2.24, 2.45) is 17.6 Å². The van der Waals surface area contributed by atoms with Gasteiger partial charge in [-0.25, -0.2) is 8.78 Å². The minimum absolute atomic E-state index is 0.0345. The highest BCUT2D eigenvalue weighted by atomic mass is 19.3. The summed E-state index contributed by atoms with van der Waals surface area (Å²) in [5, 5.41) is 3.03. The summed E-state index contributed by atoms with van der Waals surface area (Å²) in [6.45, 7) is 14.3. The quantitative estimate of drug-likeness (QED) is 0.529. The second kappa shape index (κ2) is 9.01. The average Bonchev–Trinajstić information content (AvgIpc) is 2.38. The van der Waals surface area contributed by atoms with Gasteiger partial charge < -0.3 is 15.8 Å². The number of rotatable bonds is 8. The van der Waals surface area contributed by atoms with Crippen molar-refractivity contribution in [2.75, 3.05) is 6.54 Å². The van der Waals surface area contributed by atoms with Crippen LogP contribution in [0, 0.1) is 11.8 Å². The van der Waals surface area contributed by atoms with Gasteiger partial charge >= 0.3 is 5.97 Å². The Bertz CT molecular complexity index is 442. The van der Waals surface area contributed by atoms with E-state index in [0.717, 1.165) is 0 Å². The molecule has 0 radical (unpaired) electrons. The molecule has 0 heterocycles. The molecule has 0 spiro atoms. The number of alkyl halides is 2. The van der Waals surface area contributed by atoms with Crippen molar-refractivity contribution in [2.45, 2.75) is 59.6 Å². The van der Waals surface area contributed by atoms with E-state index >= 15 is 0 Å². The van der Waals surface area contributed by atoms with Crippen molar-refractivity contribution >= 4 is 5.97 Å². The van der Waals surface area contributed by atoms with Gasteiger partial charge in [0.15, 0.2) is 0 Å². The Kier molecular flexibility index (Phi) is 8.45. The average molecular weight is 332 g/mol. The van der Waals surface area contributed by atoms with Crippen molar-refractivity contribution in [1.82, 2.24) is 5.32 Å². The second-order valence-corrected chi connectivity index (χ2v) is 6.92. The molecule has 0 aliphatic rings. The number of carbonyl (C=O) groups is 1. The van der Waals surface area contributed by atoms with Gasteiger partial charge in [-0.3, -0.25) is 4.79 Å². The third-order valence-corrected chi connectivity index (χ3v) is 3.70. The molecule has 3 atom stereocenters. The molecule has 0 rings (SSSR count). The van der Waals surface area contributed by atoms with E-state index in [1.165, 1.54) is 6.08 Å². The SMILES string of the molecule is C=C(N)/C=C(/C(F)F)C(C)[C@@H](C)[C@@H](C)NCC(=O)OC(C)(C)C. The fourth-order valence-electron chi connectivity index (χ4n) is 2.15. The predicted molar refractivity (Wildman–Crippen MR) is 89.1 cm³/mol. The lowest BCUT2D eigenvalue weighted by Crippen LogP contribution is -2.41. The number of ether oxygens (including phenoxy) is 1. The van der Waals surface area contributed by atoms with Crippen molar-refractivity contribution in [3.05, 3.63) is 23.9 Å². The van der Waals surface area contributed by atoms with Gasteiger partial charge in [-0.15, -0.1) is 0 Å². The van der Waals surface area contributed by atoms with Crippen LogP contribution < -0.4 is 11.1 Å². The summed E-state index contributed by atoms with van der Waals surface area (Å²) in [6.07, 6.45) is -1.36. The Balaban J connectivity index is 4.72. The van der Waals surface area contributed by atoms with Gasteiger partial charge in [0.25, 0.3) is 6.43 Å². The first kappa shape index (κ1) is 21.6. The van der Waals surface area contributed by atoms with E-state index in [9.17, 15) is 13.6 Å². The Morgan fingerprint density at radius 3 is 2.22 bits per heavy atom.